The highest BCUT2D eigenvalue weighted by atomic mass is 31.0. The molecule has 3 unspecified atom stereocenters. The molecule has 0 aliphatic carbocycles. The third-order valence-electron chi connectivity index (χ3n) is 1.11. The minimum Gasteiger partial charge on any atom is -0.393 e. The maximum Gasteiger partial charge on any atom is 0.0599 e. The Kier molecular flexibility index (Phi) is 3.54. The van der Waals surface area contributed by atoms with E-state index in [0.29, 0.717) is 0 Å². The zero-order valence-corrected chi connectivity index (χ0v) is 6.36. The third kappa shape index (κ3) is 2.61. The Morgan fingerprint density at radius 1 is 1.12 bits per heavy atom. The van der Waals surface area contributed by atoms with Gasteiger partial charge in [0, 0.05) is 5.66 Å². The van der Waals surface area contributed by atoms with Gasteiger partial charge in [-0.05, 0) is 13.8 Å². The van der Waals surface area contributed by atoms with Gasteiger partial charge >= 0.3 is 0 Å². The molecule has 0 amide bonds. The van der Waals surface area contributed by atoms with Gasteiger partial charge in [-0.25, -0.2) is 0 Å². The predicted octanol–water partition coefficient (Wildman–Crippen LogP) is -0.00830. The summed E-state index contributed by atoms with van der Waals surface area (Å²) in [6.07, 6.45) is -0.889. The fraction of sp³-hybridized carbons (Fsp3) is 1.00. The Morgan fingerprint density at radius 3 is 1.38 bits per heavy atom. The summed E-state index contributed by atoms with van der Waals surface area (Å²) in [5, 5.41) is 17.6. The van der Waals surface area contributed by atoms with Crippen LogP contribution in [0.1, 0.15) is 13.8 Å². The highest BCUT2D eigenvalue weighted by molar-refractivity contribution is 7.17. The Balaban J connectivity index is 3.46. The molecule has 0 rings (SSSR count). The number of hydrogen-bond acceptors (Lipinski definition) is 2. The molecule has 0 saturated carbocycles. The molecule has 50 valence electrons. The van der Waals surface area contributed by atoms with Gasteiger partial charge in [0.1, 0.15) is 0 Å². The number of aliphatic hydroxyl groups excluding tert-OH is 2. The van der Waals surface area contributed by atoms with E-state index in [-0.39, 0.29) is 5.66 Å². The summed E-state index contributed by atoms with van der Waals surface area (Å²) in [5.74, 6) is 0. The molecule has 0 bridgehead atoms. The topological polar surface area (TPSA) is 40.5 Å². The first-order valence-electron chi connectivity index (χ1n) is 2.67. The van der Waals surface area contributed by atoms with Gasteiger partial charge in [-0.1, -0.05) is 0 Å². The summed E-state index contributed by atoms with van der Waals surface area (Å²) < 4.78 is 0. The van der Waals surface area contributed by atoms with Crippen molar-refractivity contribution in [3.05, 3.63) is 0 Å². The predicted molar refractivity (Wildman–Crippen MR) is 36.9 cm³/mol. The van der Waals surface area contributed by atoms with Crippen molar-refractivity contribution in [2.75, 3.05) is 0 Å². The minimum atomic E-state index is -0.444. The second kappa shape index (κ2) is 3.39. The first-order chi connectivity index (χ1) is 3.55. The smallest absolute Gasteiger partial charge is 0.0599 e. The molecule has 0 heterocycles. The van der Waals surface area contributed by atoms with Crippen LogP contribution in [0.5, 0.6) is 0 Å². The lowest BCUT2D eigenvalue weighted by Crippen LogP contribution is -2.27. The van der Waals surface area contributed by atoms with E-state index in [1.54, 1.807) is 13.8 Å². The molecule has 0 aromatic heterocycles. The van der Waals surface area contributed by atoms with Crippen LogP contribution < -0.4 is 0 Å². The zero-order chi connectivity index (χ0) is 6.73. The molecule has 0 aromatic carbocycles. The molecule has 0 saturated heterocycles. The van der Waals surface area contributed by atoms with Crippen molar-refractivity contribution in [1.82, 2.24) is 0 Å². The lowest BCUT2D eigenvalue weighted by Gasteiger charge is -2.16. The van der Waals surface area contributed by atoms with Crippen molar-refractivity contribution in [3.8, 4) is 0 Å². The SMILES string of the molecule is CC(O)C(P)C(C)O. The monoisotopic (exact) mass is 136 g/mol. The van der Waals surface area contributed by atoms with Crippen LogP contribution in [0.4, 0.5) is 0 Å². The Morgan fingerprint density at radius 2 is 1.38 bits per heavy atom. The molecule has 3 heteroatoms. The molecule has 0 aliphatic heterocycles. The van der Waals surface area contributed by atoms with Crippen LogP contribution >= 0.6 is 9.24 Å². The average molecular weight is 136 g/mol. The second-order valence-electron chi connectivity index (χ2n) is 2.06. The average Bonchev–Trinajstić information content (AvgIpc) is 1.64. The zero-order valence-electron chi connectivity index (χ0n) is 5.20. The molecule has 0 fully saturated rings. The Bertz CT molecular complexity index is 55.4. The van der Waals surface area contributed by atoms with E-state index in [1.165, 1.54) is 0 Å². The van der Waals surface area contributed by atoms with E-state index in [4.69, 9.17) is 10.2 Å². The van der Waals surface area contributed by atoms with Crippen LogP contribution in [0, 0.1) is 0 Å². The Hall–Kier alpha value is 0.350. The first-order valence-corrected chi connectivity index (χ1v) is 3.34. The van der Waals surface area contributed by atoms with Crippen LogP contribution in [-0.4, -0.2) is 28.1 Å². The molecule has 3 atom stereocenters. The highest BCUT2D eigenvalue weighted by Crippen LogP contribution is 2.09. The fourth-order valence-electron chi connectivity index (χ4n) is 0.403. The highest BCUT2D eigenvalue weighted by Gasteiger charge is 2.13. The molecular weight excluding hydrogens is 123 g/mol. The standard InChI is InChI=1S/C5H13O2P/c1-3(6)5(8)4(2)7/h3-7H,8H2,1-2H3. The minimum absolute atomic E-state index is 0.102. The lowest BCUT2D eigenvalue weighted by molar-refractivity contribution is 0.110. The Labute approximate surface area is 52.1 Å². The molecular formula is C5H13O2P. The summed E-state index contributed by atoms with van der Waals surface area (Å²) >= 11 is 0. The molecule has 2 nitrogen and oxygen atoms in total. The van der Waals surface area contributed by atoms with Crippen LogP contribution in [-0.2, 0) is 0 Å². The number of aliphatic hydroxyl groups is 2. The van der Waals surface area contributed by atoms with Crippen molar-refractivity contribution in [3.63, 3.8) is 0 Å². The van der Waals surface area contributed by atoms with E-state index in [9.17, 15) is 0 Å². The maximum atomic E-state index is 8.81. The van der Waals surface area contributed by atoms with E-state index >= 15 is 0 Å². The van der Waals surface area contributed by atoms with Gasteiger partial charge in [0.25, 0.3) is 0 Å². The number of rotatable bonds is 2. The summed E-state index contributed by atoms with van der Waals surface area (Å²) in [6.45, 7) is 3.31. The van der Waals surface area contributed by atoms with E-state index in [0.717, 1.165) is 0 Å². The lowest BCUT2D eigenvalue weighted by atomic mass is 10.2. The van der Waals surface area contributed by atoms with Crippen LogP contribution in [0.3, 0.4) is 0 Å². The van der Waals surface area contributed by atoms with Gasteiger partial charge in [0.2, 0.25) is 0 Å². The van der Waals surface area contributed by atoms with Gasteiger partial charge in [-0.3, -0.25) is 0 Å². The van der Waals surface area contributed by atoms with Gasteiger partial charge in [-0.15, -0.1) is 9.24 Å². The van der Waals surface area contributed by atoms with Crippen molar-refractivity contribution < 1.29 is 10.2 Å². The van der Waals surface area contributed by atoms with Gasteiger partial charge in [-0.2, -0.15) is 0 Å². The van der Waals surface area contributed by atoms with Gasteiger partial charge in [0.15, 0.2) is 0 Å². The summed E-state index contributed by atoms with van der Waals surface area (Å²) in [4.78, 5) is 0. The van der Waals surface area contributed by atoms with Crippen molar-refractivity contribution >= 4 is 9.24 Å². The van der Waals surface area contributed by atoms with Gasteiger partial charge < -0.3 is 10.2 Å². The summed E-state index contributed by atoms with van der Waals surface area (Å²) in [6, 6.07) is 0. The fourth-order valence-corrected chi connectivity index (χ4v) is 0.403. The molecule has 0 radical (unpaired) electrons. The van der Waals surface area contributed by atoms with Crippen molar-refractivity contribution in [1.29, 1.82) is 0 Å². The molecule has 0 aromatic rings. The van der Waals surface area contributed by atoms with Crippen LogP contribution in [0.25, 0.3) is 0 Å². The molecule has 0 aliphatic rings. The van der Waals surface area contributed by atoms with E-state index in [2.05, 4.69) is 9.24 Å². The second-order valence-corrected chi connectivity index (χ2v) is 2.83. The van der Waals surface area contributed by atoms with E-state index < -0.39 is 12.2 Å². The van der Waals surface area contributed by atoms with Crippen LogP contribution in [0.2, 0.25) is 0 Å². The molecule has 8 heavy (non-hydrogen) atoms. The van der Waals surface area contributed by atoms with E-state index in [1.807, 2.05) is 0 Å². The largest absolute Gasteiger partial charge is 0.393 e. The number of hydrogen-bond donors (Lipinski definition) is 2. The quantitative estimate of drug-likeness (QED) is 0.524. The van der Waals surface area contributed by atoms with Crippen molar-refractivity contribution in [2.45, 2.75) is 31.7 Å². The normalized spacial score (nSPS) is 22.1. The molecule has 0 spiro atoms. The molecule has 2 N–H and O–H groups in total. The third-order valence-corrected chi connectivity index (χ3v) is 2.23. The first kappa shape index (κ1) is 8.35. The summed E-state index contributed by atoms with van der Waals surface area (Å²) in [7, 11) is 2.39. The summed E-state index contributed by atoms with van der Waals surface area (Å²) in [5.41, 5.74) is -0.102. The maximum absolute atomic E-state index is 8.81. The van der Waals surface area contributed by atoms with Crippen molar-refractivity contribution in [2.24, 2.45) is 0 Å². The van der Waals surface area contributed by atoms with Crippen LogP contribution in [0.15, 0.2) is 0 Å². The van der Waals surface area contributed by atoms with Gasteiger partial charge in [0.05, 0.1) is 12.2 Å².